The molecule has 2 aliphatic carbocycles. The first-order chi connectivity index (χ1) is 16.9. The minimum absolute atomic E-state index is 0.0943. The summed E-state index contributed by atoms with van der Waals surface area (Å²) in [6, 6.07) is 8.01. The maximum absolute atomic E-state index is 13.2. The lowest BCUT2D eigenvalue weighted by Gasteiger charge is -2.39. The average Bonchev–Trinajstić information content (AvgIpc) is 3.30. The van der Waals surface area contributed by atoms with Crippen LogP contribution in [0.15, 0.2) is 18.2 Å². The van der Waals surface area contributed by atoms with Crippen molar-refractivity contribution < 1.29 is 9.53 Å². The summed E-state index contributed by atoms with van der Waals surface area (Å²) in [5, 5.41) is 0. The topological polar surface area (TPSA) is 36.0 Å². The zero-order valence-corrected chi connectivity index (χ0v) is 22.4. The van der Waals surface area contributed by atoms with E-state index < -0.39 is 0 Å². The number of hydrogen-bond donors (Lipinski definition) is 0. The first kappa shape index (κ1) is 25.1. The Balaban J connectivity index is 1.11. The van der Waals surface area contributed by atoms with E-state index in [1.54, 1.807) is 11.1 Å². The molecule has 1 saturated heterocycles. The Morgan fingerprint density at radius 2 is 1.49 bits per heavy atom. The van der Waals surface area contributed by atoms with E-state index in [-0.39, 0.29) is 11.5 Å². The first-order valence-electron chi connectivity index (χ1n) is 14.4. The van der Waals surface area contributed by atoms with Gasteiger partial charge in [0.25, 0.3) is 0 Å². The van der Waals surface area contributed by atoms with Crippen LogP contribution in [0.4, 0.5) is 5.69 Å². The summed E-state index contributed by atoms with van der Waals surface area (Å²) in [6.45, 7) is 12.4. The highest BCUT2D eigenvalue weighted by molar-refractivity contribution is 5.79. The van der Waals surface area contributed by atoms with Crippen LogP contribution in [0.1, 0.15) is 83.3 Å². The number of amides is 1. The molecule has 1 amide bonds. The van der Waals surface area contributed by atoms with Crippen molar-refractivity contribution in [3.05, 3.63) is 29.3 Å². The molecule has 4 aliphatic rings. The molecule has 5 heteroatoms. The Morgan fingerprint density at radius 3 is 2.14 bits per heavy atom. The van der Waals surface area contributed by atoms with Crippen molar-refractivity contribution in [2.24, 2.45) is 5.92 Å². The molecule has 2 heterocycles. The van der Waals surface area contributed by atoms with Gasteiger partial charge < -0.3 is 14.5 Å². The number of anilines is 1. The third kappa shape index (κ3) is 6.22. The molecule has 3 fully saturated rings. The fraction of sp³-hybridized carbons (Fsp3) is 0.767. The molecule has 5 rings (SSSR count). The maximum Gasteiger partial charge on any atom is 0.225 e. The first-order valence-corrected chi connectivity index (χ1v) is 14.4. The van der Waals surface area contributed by atoms with Crippen molar-refractivity contribution >= 4 is 11.6 Å². The molecule has 0 unspecified atom stereocenters. The van der Waals surface area contributed by atoms with Gasteiger partial charge in [-0.05, 0) is 95.4 Å². The van der Waals surface area contributed by atoms with E-state index in [1.807, 2.05) is 0 Å². The largest absolute Gasteiger partial charge is 0.373 e. The molecule has 0 atom stereocenters. The lowest BCUT2D eigenvalue weighted by atomic mass is 9.86. The van der Waals surface area contributed by atoms with Gasteiger partial charge in [0.2, 0.25) is 5.91 Å². The molecule has 2 saturated carbocycles. The highest BCUT2D eigenvalue weighted by Gasteiger charge is 2.33. The number of piperazine rings is 1. The van der Waals surface area contributed by atoms with Crippen LogP contribution >= 0.6 is 0 Å². The minimum Gasteiger partial charge on any atom is -0.373 e. The number of carbonyl (C=O) groups excluding carboxylic acids is 1. The van der Waals surface area contributed by atoms with Crippen molar-refractivity contribution in [2.75, 3.05) is 44.2 Å². The van der Waals surface area contributed by atoms with Crippen LogP contribution in [0.5, 0.6) is 0 Å². The Kier molecular flexibility index (Phi) is 7.74. The lowest BCUT2D eigenvalue weighted by Crippen LogP contribution is -2.51. The van der Waals surface area contributed by atoms with Crippen LogP contribution in [0.3, 0.4) is 0 Å². The Hall–Kier alpha value is -1.59. The predicted octanol–water partition coefficient (Wildman–Crippen LogP) is 5.05. The summed E-state index contributed by atoms with van der Waals surface area (Å²) in [5.41, 5.74) is 4.36. The van der Waals surface area contributed by atoms with Gasteiger partial charge in [0.15, 0.2) is 0 Å². The standard InChI is InChI=1S/C30H47N3O2/c1-30(2,3)35-28-12-9-24(10-13-28)29(34)33-20-18-32(19-21-33)27-11-8-23-14-16-31(17-15-25(23)22-27)26-6-4-5-7-26/h8,11,22,24,26,28H,4-7,9-10,12-21H2,1-3H3. The van der Waals surface area contributed by atoms with Crippen LogP contribution < -0.4 is 4.90 Å². The van der Waals surface area contributed by atoms with E-state index >= 15 is 0 Å². The molecular formula is C30H47N3O2. The highest BCUT2D eigenvalue weighted by atomic mass is 16.5. The maximum atomic E-state index is 13.2. The van der Waals surface area contributed by atoms with E-state index in [9.17, 15) is 4.79 Å². The molecule has 194 valence electrons. The molecule has 5 nitrogen and oxygen atoms in total. The minimum atomic E-state index is -0.0943. The molecular weight excluding hydrogens is 434 g/mol. The summed E-state index contributed by atoms with van der Waals surface area (Å²) in [6.07, 6.45) is 12.3. The Labute approximate surface area is 213 Å². The summed E-state index contributed by atoms with van der Waals surface area (Å²) >= 11 is 0. The van der Waals surface area contributed by atoms with Crippen molar-refractivity contribution in [1.29, 1.82) is 0 Å². The van der Waals surface area contributed by atoms with Crippen molar-refractivity contribution in [2.45, 2.75) is 103 Å². The van der Waals surface area contributed by atoms with Crippen molar-refractivity contribution in [1.82, 2.24) is 9.80 Å². The number of rotatable bonds is 4. The second-order valence-corrected chi connectivity index (χ2v) is 12.4. The van der Waals surface area contributed by atoms with E-state index in [0.29, 0.717) is 12.0 Å². The molecule has 0 aromatic heterocycles. The second-order valence-electron chi connectivity index (χ2n) is 12.4. The Bertz CT molecular complexity index is 857. The predicted molar refractivity (Wildman–Crippen MR) is 143 cm³/mol. The smallest absolute Gasteiger partial charge is 0.225 e. The molecule has 0 radical (unpaired) electrons. The van der Waals surface area contributed by atoms with Gasteiger partial charge in [-0.25, -0.2) is 0 Å². The van der Waals surface area contributed by atoms with Gasteiger partial charge in [0.05, 0.1) is 11.7 Å². The Morgan fingerprint density at radius 1 is 0.829 bits per heavy atom. The van der Waals surface area contributed by atoms with Crippen LogP contribution in [0.25, 0.3) is 0 Å². The van der Waals surface area contributed by atoms with Gasteiger partial charge in [0, 0.05) is 56.9 Å². The molecule has 0 bridgehead atoms. The van der Waals surface area contributed by atoms with Crippen molar-refractivity contribution in [3.63, 3.8) is 0 Å². The monoisotopic (exact) mass is 481 g/mol. The zero-order valence-electron chi connectivity index (χ0n) is 22.4. The van der Waals surface area contributed by atoms with Crippen molar-refractivity contribution in [3.8, 4) is 0 Å². The van der Waals surface area contributed by atoms with Gasteiger partial charge >= 0.3 is 0 Å². The molecule has 0 N–H and O–H groups in total. The number of fused-ring (bicyclic) bond motifs is 1. The quantitative estimate of drug-likeness (QED) is 0.603. The highest BCUT2D eigenvalue weighted by Crippen LogP contribution is 2.31. The number of ether oxygens (including phenoxy) is 1. The summed E-state index contributed by atoms with van der Waals surface area (Å²) in [4.78, 5) is 20.6. The average molecular weight is 482 g/mol. The summed E-state index contributed by atoms with van der Waals surface area (Å²) in [5.74, 6) is 0.574. The number of carbonyl (C=O) groups is 1. The summed E-state index contributed by atoms with van der Waals surface area (Å²) < 4.78 is 6.16. The third-order valence-electron chi connectivity index (χ3n) is 8.87. The fourth-order valence-corrected chi connectivity index (χ4v) is 6.93. The van der Waals surface area contributed by atoms with Gasteiger partial charge in [0.1, 0.15) is 0 Å². The van der Waals surface area contributed by atoms with E-state index in [2.05, 4.69) is 53.7 Å². The van der Waals surface area contributed by atoms with Gasteiger partial charge in [-0.3, -0.25) is 9.69 Å². The lowest BCUT2D eigenvalue weighted by molar-refractivity contribution is -0.139. The SMILES string of the molecule is CC(C)(C)OC1CCC(C(=O)N2CCN(c3ccc4c(c3)CCN(C3CCCC3)CC4)CC2)CC1. The molecule has 1 aromatic carbocycles. The van der Waals surface area contributed by atoms with E-state index in [0.717, 1.165) is 57.9 Å². The van der Waals surface area contributed by atoms with Crippen LogP contribution in [-0.4, -0.2) is 72.7 Å². The van der Waals surface area contributed by atoms with E-state index in [1.165, 1.54) is 57.3 Å². The molecule has 35 heavy (non-hydrogen) atoms. The third-order valence-corrected chi connectivity index (χ3v) is 8.87. The number of benzene rings is 1. The number of nitrogens with zero attached hydrogens (tertiary/aromatic N) is 3. The van der Waals surface area contributed by atoms with Gasteiger partial charge in [-0.1, -0.05) is 18.9 Å². The van der Waals surface area contributed by atoms with Gasteiger partial charge in [-0.15, -0.1) is 0 Å². The summed E-state index contributed by atoms with van der Waals surface area (Å²) in [7, 11) is 0. The molecule has 1 aromatic rings. The second kappa shape index (κ2) is 10.8. The van der Waals surface area contributed by atoms with Crippen LogP contribution in [-0.2, 0) is 22.4 Å². The normalized spacial score (nSPS) is 27.1. The molecule has 0 spiro atoms. The molecule has 2 aliphatic heterocycles. The van der Waals surface area contributed by atoms with Crippen LogP contribution in [0.2, 0.25) is 0 Å². The van der Waals surface area contributed by atoms with Crippen LogP contribution in [0, 0.1) is 5.92 Å². The number of hydrogen-bond acceptors (Lipinski definition) is 4. The zero-order chi connectivity index (χ0) is 24.4. The van der Waals surface area contributed by atoms with Gasteiger partial charge in [-0.2, -0.15) is 0 Å². The van der Waals surface area contributed by atoms with E-state index in [4.69, 9.17) is 4.74 Å². The fourth-order valence-electron chi connectivity index (χ4n) is 6.93.